The highest BCUT2D eigenvalue weighted by molar-refractivity contribution is 6.31. The largest absolute Gasteiger partial charge is 0.495 e. The van der Waals surface area contributed by atoms with Crippen molar-refractivity contribution in [2.45, 2.75) is 25.3 Å². The molecule has 4 nitrogen and oxygen atoms in total. The van der Waals surface area contributed by atoms with Gasteiger partial charge in [-0.1, -0.05) is 41.9 Å². The third kappa shape index (κ3) is 3.27. The number of hydrogen-bond donors (Lipinski definition) is 2. The van der Waals surface area contributed by atoms with Gasteiger partial charge >= 0.3 is 6.03 Å². The van der Waals surface area contributed by atoms with Crippen LogP contribution in [0.3, 0.4) is 0 Å². The first-order chi connectivity index (χ1) is 11.0. The van der Waals surface area contributed by atoms with Crippen LogP contribution in [0, 0.1) is 6.92 Å². The lowest BCUT2D eigenvalue weighted by molar-refractivity contribution is 0.247. The molecule has 0 radical (unpaired) electrons. The van der Waals surface area contributed by atoms with Crippen LogP contribution in [-0.2, 0) is 5.54 Å². The molecule has 0 saturated heterocycles. The summed E-state index contributed by atoms with van der Waals surface area (Å²) in [6.07, 6.45) is 1.89. The predicted molar refractivity (Wildman–Crippen MR) is 92.2 cm³/mol. The van der Waals surface area contributed by atoms with Gasteiger partial charge in [0, 0.05) is 11.1 Å². The summed E-state index contributed by atoms with van der Waals surface area (Å²) in [7, 11) is 1.55. The molecule has 1 saturated carbocycles. The molecule has 2 aromatic carbocycles. The molecule has 0 unspecified atom stereocenters. The van der Waals surface area contributed by atoms with Crippen molar-refractivity contribution < 1.29 is 9.53 Å². The summed E-state index contributed by atoms with van der Waals surface area (Å²) < 4.78 is 5.29. The molecule has 23 heavy (non-hydrogen) atoms. The number of urea groups is 1. The summed E-state index contributed by atoms with van der Waals surface area (Å²) in [6.45, 7) is 1.89. The zero-order chi connectivity index (χ0) is 16.4. The van der Waals surface area contributed by atoms with Crippen molar-refractivity contribution in [1.29, 1.82) is 0 Å². The molecule has 1 fully saturated rings. The predicted octanol–water partition coefficient (Wildman–Crippen LogP) is 4.47. The fraction of sp³-hybridized carbons (Fsp3) is 0.278. The number of amides is 2. The quantitative estimate of drug-likeness (QED) is 0.869. The number of hydrogen-bond acceptors (Lipinski definition) is 2. The summed E-state index contributed by atoms with van der Waals surface area (Å²) in [5, 5.41) is 6.55. The van der Waals surface area contributed by atoms with Crippen molar-refractivity contribution in [3.63, 3.8) is 0 Å². The van der Waals surface area contributed by atoms with E-state index in [4.69, 9.17) is 16.3 Å². The average molecular weight is 331 g/mol. The lowest BCUT2D eigenvalue weighted by atomic mass is 10.1. The molecule has 5 heteroatoms. The second-order valence-electron chi connectivity index (χ2n) is 5.83. The Labute approximate surface area is 140 Å². The van der Waals surface area contributed by atoms with E-state index in [0.717, 1.165) is 24.0 Å². The van der Waals surface area contributed by atoms with Crippen LogP contribution in [0.2, 0.25) is 5.02 Å². The number of nitrogens with one attached hydrogen (secondary N) is 2. The van der Waals surface area contributed by atoms with Gasteiger partial charge in [0.25, 0.3) is 0 Å². The van der Waals surface area contributed by atoms with E-state index < -0.39 is 0 Å². The fourth-order valence-electron chi connectivity index (χ4n) is 2.67. The maximum absolute atomic E-state index is 12.4. The number of methoxy groups -OCH3 is 1. The number of aryl methyl sites for hydroxylation is 1. The molecule has 0 aromatic heterocycles. The molecule has 1 aliphatic carbocycles. The monoisotopic (exact) mass is 330 g/mol. The number of anilines is 1. The van der Waals surface area contributed by atoms with Crippen molar-refractivity contribution in [3.05, 3.63) is 58.6 Å². The highest BCUT2D eigenvalue weighted by Gasteiger charge is 2.45. The minimum atomic E-state index is -0.250. The first-order valence-electron chi connectivity index (χ1n) is 7.53. The minimum Gasteiger partial charge on any atom is -0.495 e. The van der Waals surface area contributed by atoms with Crippen LogP contribution < -0.4 is 15.4 Å². The number of carbonyl (C=O) groups excluding carboxylic acids is 1. The highest BCUT2D eigenvalue weighted by Crippen LogP contribution is 2.45. The van der Waals surface area contributed by atoms with E-state index in [2.05, 4.69) is 10.6 Å². The molecule has 0 atom stereocenters. The van der Waals surface area contributed by atoms with Crippen molar-refractivity contribution in [2.75, 3.05) is 12.4 Å². The van der Waals surface area contributed by atoms with Crippen molar-refractivity contribution in [3.8, 4) is 5.75 Å². The number of ether oxygens (including phenoxy) is 1. The Morgan fingerprint density at radius 3 is 2.52 bits per heavy atom. The van der Waals surface area contributed by atoms with Crippen molar-refractivity contribution in [2.24, 2.45) is 0 Å². The molecule has 0 aliphatic heterocycles. The van der Waals surface area contributed by atoms with E-state index in [9.17, 15) is 4.79 Å². The first-order valence-corrected chi connectivity index (χ1v) is 7.91. The van der Waals surface area contributed by atoms with E-state index in [0.29, 0.717) is 16.5 Å². The van der Waals surface area contributed by atoms with Crippen LogP contribution in [0.4, 0.5) is 10.5 Å². The normalized spacial score (nSPS) is 14.9. The lowest BCUT2D eigenvalue weighted by Crippen LogP contribution is -2.38. The molecule has 3 rings (SSSR count). The summed E-state index contributed by atoms with van der Waals surface area (Å²) in [6, 6.07) is 13.3. The van der Waals surface area contributed by atoms with E-state index in [1.54, 1.807) is 13.2 Å². The molecule has 2 amide bonds. The zero-order valence-electron chi connectivity index (χ0n) is 13.2. The number of rotatable bonds is 4. The van der Waals surface area contributed by atoms with Gasteiger partial charge in [0.05, 0.1) is 18.3 Å². The van der Waals surface area contributed by atoms with Crippen LogP contribution in [0.25, 0.3) is 0 Å². The third-order valence-corrected chi connectivity index (χ3v) is 4.57. The van der Waals surface area contributed by atoms with Crippen LogP contribution in [0.1, 0.15) is 24.0 Å². The molecular weight excluding hydrogens is 312 g/mol. The summed E-state index contributed by atoms with van der Waals surface area (Å²) >= 11 is 6.09. The average Bonchev–Trinajstić information content (AvgIpc) is 3.32. The molecule has 0 spiro atoms. The van der Waals surface area contributed by atoms with Gasteiger partial charge in [0.2, 0.25) is 0 Å². The number of benzene rings is 2. The Bertz CT molecular complexity index is 727. The van der Waals surface area contributed by atoms with Gasteiger partial charge in [0.15, 0.2) is 0 Å². The van der Waals surface area contributed by atoms with E-state index in [1.807, 2.05) is 43.3 Å². The van der Waals surface area contributed by atoms with Crippen molar-refractivity contribution in [1.82, 2.24) is 5.32 Å². The maximum Gasteiger partial charge on any atom is 0.320 e. The van der Waals surface area contributed by atoms with E-state index in [-0.39, 0.29) is 11.6 Å². The summed E-state index contributed by atoms with van der Waals surface area (Å²) in [5.41, 5.74) is 2.37. The second kappa shape index (κ2) is 6.13. The van der Waals surface area contributed by atoms with Crippen LogP contribution >= 0.6 is 11.6 Å². The summed E-state index contributed by atoms with van der Waals surface area (Å²) in [5.74, 6) is 0.542. The van der Waals surface area contributed by atoms with Crippen LogP contribution in [-0.4, -0.2) is 13.1 Å². The smallest absolute Gasteiger partial charge is 0.320 e. The Kier molecular flexibility index (Phi) is 4.18. The zero-order valence-corrected chi connectivity index (χ0v) is 13.9. The van der Waals surface area contributed by atoms with Gasteiger partial charge in [-0.2, -0.15) is 0 Å². The van der Waals surface area contributed by atoms with Gasteiger partial charge in [-0.3, -0.25) is 0 Å². The molecule has 1 aliphatic rings. The molecular formula is C18H19ClN2O2. The number of carbonyl (C=O) groups is 1. The maximum atomic E-state index is 12.4. The van der Waals surface area contributed by atoms with Crippen molar-refractivity contribution >= 4 is 23.3 Å². The minimum absolute atomic E-state index is 0.244. The van der Waals surface area contributed by atoms with Gasteiger partial charge in [-0.15, -0.1) is 0 Å². The Hall–Kier alpha value is -2.20. The van der Waals surface area contributed by atoms with E-state index in [1.165, 1.54) is 0 Å². The fourth-order valence-corrected chi connectivity index (χ4v) is 2.82. The molecule has 2 aromatic rings. The Morgan fingerprint density at radius 1 is 1.22 bits per heavy atom. The first kappa shape index (κ1) is 15.7. The van der Waals surface area contributed by atoms with Gasteiger partial charge in [-0.25, -0.2) is 4.79 Å². The lowest BCUT2D eigenvalue weighted by Gasteiger charge is -2.19. The SMILES string of the molecule is COc1cc(Cl)c(C)cc1NC(=O)NC1(c2ccccc2)CC1. The van der Waals surface area contributed by atoms with Gasteiger partial charge in [-0.05, 0) is 37.0 Å². The molecule has 0 bridgehead atoms. The Morgan fingerprint density at radius 2 is 1.91 bits per heavy atom. The van der Waals surface area contributed by atoms with Crippen LogP contribution in [0.15, 0.2) is 42.5 Å². The highest BCUT2D eigenvalue weighted by atomic mass is 35.5. The molecule has 120 valence electrons. The van der Waals surface area contributed by atoms with Gasteiger partial charge in [0.1, 0.15) is 5.75 Å². The van der Waals surface area contributed by atoms with Gasteiger partial charge < -0.3 is 15.4 Å². The molecule has 0 heterocycles. The second-order valence-corrected chi connectivity index (χ2v) is 6.24. The topological polar surface area (TPSA) is 50.4 Å². The van der Waals surface area contributed by atoms with Crippen LogP contribution in [0.5, 0.6) is 5.75 Å². The summed E-state index contributed by atoms with van der Waals surface area (Å²) in [4.78, 5) is 12.4. The third-order valence-electron chi connectivity index (χ3n) is 4.16. The Balaban J connectivity index is 1.75. The standard InChI is InChI=1S/C18H19ClN2O2/c1-12-10-15(16(23-2)11-14(12)19)20-17(22)21-18(8-9-18)13-6-4-3-5-7-13/h3-7,10-11H,8-9H2,1-2H3,(H2,20,21,22). The van der Waals surface area contributed by atoms with E-state index >= 15 is 0 Å². The molecule has 2 N–H and O–H groups in total. The number of halogens is 1.